The summed E-state index contributed by atoms with van der Waals surface area (Å²) in [5, 5.41) is 4.00. The lowest BCUT2D eigenvalue weighted by molar-refractivity contribution is -0.114. The summed E-state index contributed by atoms with van der Waals surface area (Å²) in [5.74, 6) is -0.196. The maximum atomic E-state index is 12.3. The molecule has 2 rings (SSSR count). The van der Waals surface area contributed by atoms with E-state index < -0.39 is 10.0 Å². The first-order chi connectivity index (χ1) is 9.34. The minimum absolute atomic E-state index is 0.196. The average molecular weight is 292 g/mol. The van der Waals surface area contributed by atoms with Crippen LogP contribution in [0.5, 0.6) is 0 Å². The van der Waals surface area contributed by atoms with Crippen LogP contribution in [0.3, 0.4) is 0 Å². The molecule has 0 radical (unpaired) electrons. The fourth-order valence-electron chi connectivity index (χ4n) is 1.99. The molecule has 20 heavy (non-hydrogen) atoms. The van der Waals surface area contributed by atoms with Gasteiger partial charge < -0.3 is 5.32 Å². The number of nitrogens with zero attached hydrogens (tertiary/aromatic N) is 1. The molecule has 6 heteroatoms. The first-order valence-electron chi connectivity index (χ1n) is 6.06. The van der Waals surface area contributed by atoms with E-state index in [2.05, 4.69) is 5.32 Å². The minimum atomic E-state index is -3.53. The summed E-state index contributed by atoms with van der Waals surface area (Å²) < 4.78 is 25.8. The molecule has 0 aromatic heterocycles. The van der Waals surface area contributed by atoms with Gasteiger partial charge in [0.25, 0.3) is 0 Å². The predicted molar refractivity (Wildman–Crippen MR) is 79.1 cm³/mol. The fourth-order valence-corrected chi connectivity index (χ4v) is 3.08. The van der Waals surface area contributed by atoms with E-state index in [9.17, 15) is 13.2 Å². The third-order valence-electron chi connectivity index (χ3n) is 2.95. The van der Waals surface area contributed by atoms with Gasteiger partial charge in [0.2, 0.25) is 15.9 Å². The number of hydrogen-bond donors (Lipinski definition) is 1. The normalized spacial score (nSPS) is 11.8. The zero-order valence-corrected chi connectivity index (χ0v) is 12.4. The second-order valence-electron chi connectivity index (χ2n) is 4.63. The Bertz CT molecular complexity index is 767. The van der Waals surface area contributed by atoms with E-state index in [4.69, 9.17) is 0 Å². The second kappa shape index (κ2) is 5.22. The lowest BCUT2D eigenvalue weighted by Crippen LogP contribution is -2.22. The average Bonchev–Trinajstić information content (AvgIpc) is 2.38. The highest BCUT2D eigenvalue weighted by molar-refractivity contribution is 7.89. The molecule has 0 bridgehead atoms. The van der Waals surface area contributed by atoms with Crippen molar-refractivity contribution in [3.8, 4) is 0 Å². The highest BCUT2D eigenvalue weighted by Gasteiger charge is 2.21. The molecule has 0 saturated carbocycles. The van der Waals surface area contributed by atoms with Gasteiger partial charge in [-0.2, -0.15) is 0 Å². The lowest BCUT2D eigenvalue weighted by atomic mass is 10.1. The number of hydrogen-bond acceptors (Lipinski definition) is 3. The first kappa shape index (κ1) is 14.5. The molecular weight excluding hydrogens is 276 g/mol. The van der Waals surface area contributed by atoms with Crippen molar-refractivity contribution in [1.29, 1.82) is 0 Å². The summed E-state index contributed by atoms with van der Waals surface area (Å²) in [5.41, 5.74) is 0.603. The predicted octanol–water partition coefficient (Wildman–Crippen LogP) is 2.05. The molecule has 5 nitrogen and oxygen atoms in total. The molecule has 0 aliphatic heterocycles. The maximum Gasteiger partial charge on any atom is 0.243 e. The Labute approximate surface area is 118 Å². The van der Waals surface area contributed by atoms with E-state index in [0.717, 1.165) is 0 Å². The molecular formula is C14H16N2O3S. The smallest absolute Gasteiger partial charge is 0.243 e. The van der Waals surface area contributed by atoms with Gasteiger partial charge in [-0.15, -0.1) is 0 Å². The van der Waals surface area contributed by atoms with Crippen molar-refractivity contribution in [3.05, 3.63) is 36.4 Å². The van der Waals surface area contributed by atoms with Gasteiger partial charge in [0, 0.05) is 37.5 Å². The number of anilines is 1. The van der Waals surface area contributed by atoms with Crippen molar-refractivity contribution < 1.29 is 13.2 Å². The Morgan fingerprint density at radius 2 is 1.65 bits per heavy atom. The van der Waals surface area contributed by atoms with Crippen LogP contribution in [0.25, 0.3) is 10.8 Å². The standard InChI is InChI=1S/C14H16N2O3S/c1-10(17)15-13-8-9-14(20(18,19)16(2)3)12-7-5-4-6-11(12)13/h4-9H,1-3H3,(H,15,17). The van der Waals surface area contributed by atoms with Crippen LogP contribution in [-0.2, 0) is 14.8 Å². The molecule has 106 valence electrons. The Balaban J connectivity index is 2.76. The lowest BCUT2D eigenvalue weighted by Gasteiger charge is -2.15. The summed E-state index contributed by atoms with van der Waals surface area (Å²) in [4.78, 5) is 11.4. The molecule has 0 unspecified atom stereocenters. The van der Waals surface area contributed by atoms with Crippen LogP contribution in [0.2, 0.25) is 0 Å². The molecule has 0 atom stereocenters. The number of rotatable bonds is 3. The number of benzene rings is 2. The fraction of sp³-hybridized carbons (Fsp3) is 0.214. The summed E-state index contributed by atoms with van der Waals surface area (Å²) in [6.07, 6.45) is 0. The van der Waals surface area contributed by atoms with Crippen LogP contribution in [0.1, 0.15) is 6.92 Å². The minimum Gasteiger partial charge on any atom is -0.326 e. The van der Waals surface area contributed by atoms with Gasteiger partial charge in [-0.25, -0.2) is 12.7 Å². The summed E-state index contributed by atoms with van der Waals surface area (Å²) >= 11 is 0. The van der Waals surface area contributed by atoms with E-state index >= 15 is 0 Å². The first-order valence-corrected chi connectivity index (χ1v) is 7.50. The topological polar surface area (TPSA) is 66.5 Å². The molecule has 0 aliphatic rings. The molecule has 0 fully saturated rings. The Hall–Kier alpha value is -1.92. The third kappa shape index (κ3) is 2.52. The molecule has 0 aliphatic carbocycles. The highest BCUT2D eigenvalue weighted by atomic mass is 32.2. The SMILES string of the molecule is CC(=O)Nc1ccc(S(=O)(=O)N(C)C)c2ccccc12. The van der Waals surface area contributed by atoms with Crippen molar-refractivity contribution in [2.24, 2.45) is 0 Å². The van der Waals surface area contributed by atoms with Crippen molar-refractivity contribution in [2.75, 3.05) is 19.4 Å². The zero-order valence-electron chi connectivity index (χ0n) is 11.5. The third-order valence-corrected chi connectivity index (χ3v) is 4.83. The van der Waals surface area contributed by atoms with Crippen LogP contribution in [0.4, 0.5) is 5.69 Å². The van der Waals surface area contributed by atoms with E-state index in [1.54, 1.807) is 30.3 Å². The van der Waals surface area contributed by atoms with Gasteiger partial charge in [0.1, 0.15) is 0 Å². The number of nitrogens with one attached hydrogen (secondary N) is 1. The van der Waals surface area contributed by atoms with Gasteiger partial charge in [-0.3, -0.25) is 4.79 Å². The van der Waals surface area contributed by atoms with E-state index in [0.29, 0.717) is 16.5 Å². The highest BCUT2D eigenvalue weighted by Crippen LogP contribution is 2.30. The van der Waals surface area contributed by atoms with Crippen LogP contribution >= 0.6 is 0 Å². The molecule has 1 amide bonds. The molecule has 0 heterocycles. The number of fused-ring (bicyclic) bond motifs is 1. The Morgan fingerprint density at radius 3 is 2.20 bits per heavy atom. The van der Waals surface area contributed by atoms with E-state index in [1.807, 2.05) is 0 Å². The maximum absolute atomic E-state index is 12.3. The molecule has 0 spiro atoms. The van der Waals surface area contributed by atoms with Crippen molar-refractivity contribution in [3.63, 3.8) is 0 Å². The Morgan fingerprint density at radius 1 is 1.05 bits per heavy atom. The van der Waals surface area contributed by atoms with E-state index in [-0.39, 0.29) is 10.8 Å². The van der Waals surface area contributed by atoms with Crippen LogP contribution < -0.4 is 5.32 Å². The van der Waals surface area contributed by atoms with Crippen LogP contribution in [-0.4, -0.2) is 32.7 Å². The number of amides is 1. The summed E-state index contributed by atoms with van der Waals surface area (Å²) in [6, 6.07) is 10.2. The number of sulfonamides is 1. The summed E-state index contributed by atoms with van der Waals surface area (Å²) in [6.45, 7) is 1.42. The number of carbonyl (C=O) groups is 1. The largest absolute Gasteiger partial charge is 0.326 e. The van der Waals surface area contributed by atoms with Crippen molar-refractivity contribution in [2.45, 2.75) is 11.8 Å². The van der Waals surface area contributed by atoms with Crippen molar-refractivity contribution >= 4 is 32.4 Å². The van der Waals surface area contributed by atoms with Crippen LogP contribution in [0.15, 0.2) is 41.3 Å². The van der Waals surface area contributed by atoms with Crippen LogP contribution in [0, 0.1) is 0 Å². The number of carbonyl (C=O) groups excluding carboxylic acids is 1. The van der Waals surface area contributed by atoms with Gasteiger partial charge in [0.05, 0.1) is 4.90 Å². The molecule has 1 N–H and O–H groups in total. The molecule has 2 aromatic rings. The van der Waals surface area contributed by atoms with Gasteiger partial charge in [-0.1, -0.05) is 24.3 Å². The monoisotopic (exact) mass is 292 g/mol. The quantitative estimate of drug-likeness (QED) is 0.941. The van der Waals surface area contributed by atoms with Crippen molar-refractivity contribution in [1.82, 2.24) is 4.31 Å². The van der Waals surface area contributed by atoms with E-state index in [1.165, 1.54) is 31.4 Å². The zero-order chi connectivity index (χ0) is 14.9. The van der Waals surface area contributed by atoms with Gasteiger partial charge >= 0.3 is 0 Å². The summed E-state index contributed by atoms with van der Waals surface area (Å²) in [7, 11) is -0.544. The van der Waals surface area contributed by atoms with Gasteiger partial charge in [0.15, 0.2) is 0 Å². The van der Waals surface area contributed by atoms with Gasteiger partial charge in [-0.05, 0) is 12.1 Å². The Kier molecular flexibility index (Phi) is 3.78. The molecule has 2 aromatic carbocycles. The molecule has 0 saturated heterocycles. The second-order valence-corrected chi connectivity index (χ2v) is 6.75.